The van der Waals surface area contributed by atoms with Gasteiger partial charge in [0.15, 0.2) is 0 Å². The summed E-state index contributed by atoms with van der Waals surface area (Å²) < 4.78 is 32.8. The lowest BCUT2D eigenvalue weighted by atomic mass is 10.1. The smallest absolute Gasteiger partial charge is 0.255 e. The van der Waals surface area contributed by atoms with E-state index < -0.39 is 10.0 Å². The van der Waals surface area contributed by atoms with Gasteiger partial charge in [-0.3, -0.25) is 4.79 Å². The first-order valence-electron chi connectivity index (χ1n) is 8.90. The molecule has 2 atom stereocenters. The molecule has 1 aliphatic rings. The molecule has 6 nitrogen and oxygen atoms in total. The molecule has 0 saturated carbocycles. The number of sulfonamides is 1. The van der Waals surface area contributed by atoms with Crippen LogP contribution in [0.5, 0.6) is 0 Å². The van der Waals surface area contributed by atoms with Crippen LogP contribution in [0.3, 0.4) is 0 Å². The lowest BCUT2D eigenvalue weighted by Crippen LogP contribution is -2.48. The fourth-order valence-corrected chi connectivity index (χ4v) is 4.80. The van der Waals surface area contributed by atoms with Gasteiger partial charge in [-0.1, -0.05) is 18.2 Å². The van der Waals surface area contributed by atoms with Crippen LogP contribution >= 0.6 is 0 Å². The van der Waals surface area contributed by atoms with Crippen molar-refractivity contribution in [3.05, 3.63) is 59.7 Å². The summed E-state index contributed by atoms with van der Waals surface area (Å²) in [6, 6.07) is 13.6. The number of benzene rings is 2. The first kappa shape index (κ1) is 19.5. The van der Waals surface area contributed by atoms with Gasteiger partial charge in [0.05, 0.1) is 17.1 Å². The highest BCUT2D eigenvalue weighted by molar-refractivity contribution is 7.89. The van der Waals surface area contributed by atoms with Crippen molar-refractivity contribution in [1.82, 2.24) is 4.31 Å². The molecule has 0 radical (unpaired) electrons. The molecular weight excluding hydrogens is 364 g/mol. The van der Waals surface area contributed by atoms with Crippen molar-refractivity contribution < 1.29 is 17.9 Å². The minimum Gasteiger partial charge on any atom is -0.373 e. The fourth-order valence-electron chi connectivity index (χ4n) is 3.21. The maximum atomic E-state index is 12.9. The second-order valence-corrected chi connectivity index (χ2v) is 8.81. The highest BCUT2D eigenvalue weighted by Crippen LogP contribution is 2.23. The van der Waals surface area contributed by atoms with E-state index in [-0.39, 0.29) is 23.0 Å². The molecule has 1 heterocycles. The Bertz CT molecular complexity index is 915. The van der Waals surface area contributed by atoms with Crippen LogP contribution in [0.15, 0.2) is 53.4 Å². The SMILES string of the molecule is Cc1ccccc1C(=O)Nc1ccc(S(=O)(=O)N2C[C@@H](C)O[C@@H](C)C2)cc1. The van der Waals surface area contributed by atoms with Gasteiger partial charge >= 0.3 is 0 Å². The zero-order chi connectivity index (χ0) is 19.6. The number of hydrogen-bond donors (Lipinski definition) is 1. The topological polar surface area (TPSA) is 75.7 Å². The zero-order valence-corrected chi connectivity index (χ0v) is 16.5. The normalized spacial score (nSPS) is 21.0. The minimum atomic E-state index is -3.59. The van der Waals surface area contributed by atoms with Crippen LogP contribution in [0.25, 0.3) is 0 Å². The van der Waals surface area contributed by atoms with Crippen LogP contribution in [0.4, 0.5) is 5.69 Å². The van der Waals surface area contributed by atoms with Crippen molar-refractivity contribution in [1.29, 1.82) is 0 Å². The monoisotopic (exact) mass is 388 g/mol. The number of carbonyl (C=O) groups is 1. The Hall–Kier alpha value is -2.22. The molecule has 1 N–H and O–H groups in total. The number of morpholine rings is 1. The number of anilines is 1. The van der Waals surface area contributed by atoms with Crippen LogP contribution in [-0.2, 0) is 14.8 Å². The summed E-state index contributed by atoms with van der Waals surface area (Å²) in [5.74, 6) is -0.223. The number of amides is 1. The van der Waals surface area contributed by atoms with Gasteiger partial charge in [-0.15, -0.1) is 0 Å². The van der Waals surface area contributed by atoms with E-state index in [0.717, 1.165) is 5.56 Å². The third-order valence-electron chi connectivity index (χ3n) is 4.53. The number of hydrogen-bond acceptors (Lipinski definition) is 4. The lowest BCUT2D eigenvalue weighted by Gasteiger charge is -2.34. The molecule has 144 valence electrons. The van der Waals surface area contributed by atoms with Crippen LogP contribution in [-0.4, -0.2) is 43.9 Å². The van der Waals surface area contributed by atoms with Gasteiger partial charge in [0.2, 0.25) is 10.0 Å². The van der Waals surface area contributed by atoms with E-state index in [4.69, 9.17) is 4.74 Å². The van der Waals surface area contributed by atoms with E-state index in [1.165, 1.54) is 16.4 Å². The quantitative estimate of drug-likeness (QED) is 0.873. The third kappa shape index (κ3) is 4.37. The first-order chi connectivity index (χ1) is 12.8. The molecule has 1 amide bonds. The van der Waals surface area contributed by atoms with Gasteiger partial charge in [-0.05, 0) is 56.7 Å². The van der Waals surface area contributed by atoms with Crippen LogP contribution in [0.1, 0.15) is 29.8 Å². The number of rotatable bonds is 4. The van der Waals surface area contributed by atoms with E-state index >= 15 is 0 Å². The maximum Gasteiger partial charge on any atom is 0.255 e. The molecule has 0 aromatic heterocycles. The zero-order valence-electron chi connectivity index (χ0n) is 15.7. The van der Waals surface area contributed by atoms with Crippen molar-refractivity contribution in [2.45, 2.75) is 37.9 Å². The molecule has 0 aliphatic carbocycles. The Morgan fingerprint density at radius 2 is 1.63 bits per heavy atom. The van der Waals surface area contributed by atoms with Gasteiger partial charge in [0.25, 0.3) is 5.91 Å². The average Bonchev–Trinajstić information content (AvgIpc) is 2.61. The van der Waals surface area contributed by atoms with Crippen molar-refractivity contribution >= 4 is 21.6 Å². The van der Waals surface area contributed by atoms with Crippen molar-refractivity contribution in [2.75, 3.05) is 18.4 Å². The first-order valence-corrected chi connectivity index (χ1v) is 10.3. The Labute approximate surface area is 160 Å². The Morgan fingerprint density at radius 1 is 1.04 bits per heavy atom. The largest absolute Gasteiger partial charge is 0.373 e. The molecule has 0 unspecified atom stereocenters. The molecule has 2 aromatic carbocycles. The van der Waals surface area contributed by atoms with Gasteiger partial charge in [-0.25, -0.2) is 8.42 Å². The van der Waals surface area contributed by atoms with Crippen molar-refractivity contribution in [3.8, 4) is 0 Å². The van der Waals surface area contributed by atoms with Gasteiger partial charge in [0.1, 0.15) is 0 Å². The molecule has 0 bridgehead atoms. The molecule has 1 fully saturated rings. The summed E-state index contributed by atoms with van der Waals surface area (Å²) in [5.41, 5.74) is 2.01. The molecule has 1 saturated heterocycles. The molecule has 2 aromatic rings. The predicted molar refractivity (Wildman–Crippen MR) is 104 cm³/mol. The number of aryl methyl sites for hydroxylation is 1. The number of carbonyl (C=O) groups excluding carboxylic acids is 1. The highest BCUT2D eigenvalue weighted by atomic mass is 32.2. The highest BCUT2D eigenvalue weighted by Gasteiger charge is 2.32. The average molecular weight is 388 g/mol. The summed E-state index contributed by atoms with van der Waals surface area (Å²) in [7, 11) is -3.59. The lowest BCUT2D eigenvalue weighted by molar-refractivity contribution is -0.0440. The Balaban J connectivity index is 1.75. The molecule has 1 aliphatic heterocycles. The standard InChI is InChI=1S/C20H24N2O4S/c1-14-6-4-5-7-19(14)20(23)21-17-8-10-18(11-9-17)27(24,25)22-12-15(2)26-16(3)13-22/h4-11,15-16H,12-13H2,1-3H3,(H,21,23)/t15-,16+. The van der Waals surface area contributed by atoms with Crippen molar-refractivity contribution in [3.63, 3.8) is 0 Å². The van der Waals surface area contributed by atoms with E-state index in [2.05, 4.69) is 5.32 Å². The predicted octanol–water partition coefficient (Wildman–Crippen LogP) is 3.05. The fraction of sp³-hybridized carbons (Fsp3) is 0.350. The van der Waals surface area contributed by atoms with Gasteiger partial charge < -0.3 is 10.1 Å². The summed E-state index contributed by atoms with van der Waals surface area (Å²) >= 11 is 0. The summed E-state index contributed by atoms with van der Waals surface area (Å²) in [6.07, 6.45) is -0.285. The number of nitrogens with one attached hydrogen (secondary N) is 1. The molecule has 7 heteroatoms. The van der Waals surface area contributed by atoms with Crippen LogP contribution in [0, 0.1) is 6.92 Å². The van der Waals surface area contributed by atoms with Crippen molar-refractivity contribution in [2.24, 2.45) is 0 Å². The minimum absolute atomic E-state index is 0.142. The van der Waals surface area contributed by atoms with E-state index in [1.807, 2.05) is 39.0 Å². The molecular formula is C20H24N2O4S. The summed E-state index contributed by atoms with van der Waals surface area (Å²) in [5, 5.41) is 2.80. The second-order valence-electron chi connectivity index (χ2n) is 6.87. The molecule has 27 heavy (non-hydrogen) atoms. The number of ether oxygens (including phenoxy) is 1. The molecule has 3 rings (SSSR count). The van der Waals surface area contributed by atoms with Gasteiger partial charge in [0, 0.05) is 24.3 Å². The van der Waals surface area contributed by atoms with E-state index in [9.17, 15) is 13.2 Å². The maximum absolute atomic E-state index is 12.9. The van der Waals surface area contributed by atoms with Gasteiger partial charge in [-0.2, -0.15) is 4.31 Å². The Kier molecular flexibility index (Phi) is 5.64. The third-order valence-corrected chi connectivity index (χ3v) is 6.37. The second kappa shape index (κ2) is 7.80. The Morgan fingerprint density at radius 3 is 2.22 bits per heavy atom. The number of nitrogens with zero attached hydrogens (tertiary/aromatic N) is 1. The van der Waals surface area contributed by atoms with E-state index in [1.54, 1.807) is 18.2 Å². The summed E-state index contributed by atoms with van der Waals surface area (Å²) in [4.78, 5) is 12.6. The summed E-state index contributed by atoms with van der Waals surface area (Å²) in [6.45, 7) is 6.26. The van der Waals surface area contributed by atoms with Crippen LogP contribution < -0.4 is 5.32 Å². The van der Waals surface area contributed by atoms with Crippen LogP contribution in [0.2, 0.25) is 0 Å². The molecule has 0 spiro atoms. The van der Waals surface area contributed by atoms with E-state index in [0.29, 0.717) is 24.3 Å².